The predicted molar refractivity (Wildman–Crippen MR) is 93.5 cm³/mol. The van der Waals surface area contributed by atoms with Gasteiger partial charge in [0, 0.05) is 30.1 Å². The number of carbonyl (C=O) groups is 1. The van der Waals surface area contributed by atoms with Gasteiger partial charge in [-0.2, -0.15) is 4.98 Å². The SMILES string of the molecule is COc1ccc(-c2noc([C@@H]3CCCN3C(=O)c3ccncc3)n2)cc1. The largest absolute Gasteiger partial charge is 0.497 e. The van der Waals surface area contributed by atoms with Gasteiger partial charge in [-0.15, -0.1) is 0 Å². The molecule has 1 fully saturated rings. The first kappa shape index (κ1) is 16.3. The van der Waals surface area contributed by atoms with Crippen LogP contribution in [0, 0.1) is 0 Å². The maximum atomic E-state index is 12.8. The highest BCUT2D eigenvalue weighted by Gasteiger charge is 2.34. The number of rotatable bonds is 4. The second-order valence-corrected chi connectivity index (χ2v) is 6.08. The van der Waals surface area contributed by atoms with E-state index in [1.807, 2.05) is 24.3 Å². The van der Waals surface area contributed by atoms with Gasteiger partial charge in [-0.25, -0.2) is 0 Å². The van der Waals surface area contributed by atoms with Gasteiger partial charge in [-0.05, 0) is 49.2 Å². The number of likely N-dealkylation sites (tertiary alicyclic amines) is 1. The molecule has 3 aromatic rings. The first-order valence-electron chi connectivity index (χ1n) is 8.45. The molecule has 0 N–H and O–H groups in total. The van der Waals surface area contributed by atoms with Crippen molar-refractivity contribution in [2.24, 2.45) is 0 Å². The summed E-state index contributed by atoms with van der Waals surface area (Å²) in [5, 5.41) is 4.08. The van der Waals surface area contributed by atoms with E-state index in [0.29, 0.717) is 23.8 Å². The molecule has 1 saturated heterocycles. The molecule has 7 nitrogen and oxygen atoms in total. The average Bonchev–Trinajstić information content (AvgIpc) is 3.37. The van der Waals surface area contributed by atoms with Crippen molar-refractivity contribution in [2.45, 2.75) is 18.9 Å². The Morgan fingerprint density at radius 2 is 1.96 bits per heavy atom. The Morgan fingerprint density at radius 1 is 1.19 bits per heavy atom. The zero-order valence-electron chi connectivity index (χ0n) is 14.3. The zero-order chi connectivity index (χ0) is 17.9. The Hall–Kier alpha value is -3.22. The smallest absolute Gasteiger partial charge is 0.254 e. The first-order chi connectivity index (χ1) is 12.8. The Labute approximate surface area is 150 Å². The van der Waals surface area contributed by atoms with Crippen molar-refractivity contribution < 1.29 is 14.1 Å². The van der Waals surface area contributed by atoms with E-state index in [-0.39, 0.29) is 11.9 Å². The number of pyridine rings is 1. The van der Waals surface area contributed by atoms with Crippen LogP contribution in [0.2, 0.25) is 0 Å². The molecule has 0 aliphatic carbocycles. The second-order valence-electron chi connectivity index (χ2n) is 6.08. The van der Waals surface area contributed by atoms with E-state index in [2.05, 4.69) is 15.1 Å². The third-order valence-corrected chi connectivity index (χ3v) is 4.52. The van der Waals surface area contributed by atoms with Crippen molar-refractivity contribution in [3.63, 3.8) is 0 Å². The molecule has 0 saturated carbocycles. The van der Waals surface area contributed by atoms with Crippen LogP contribution in [0.25, 0.3) is 11.4 Å². The summed E-state index contributed by atoms with van der Waals surface area (Å²) in [5.41, 5.74) is 1.45. The van der Waals surface area contributed by atoms with Gasteiger partial charge in [0.15, 0.2) is 0 Å². The van der Waals surface area contributed by atoms with E-state index in [1.54, 1.807) is 36.5 Å². The van der Waals surface area contributed by atoms with Crippen LogP contribution in [0.5, 0.6) is 5.75 Å². The van der Waals surface area contributed by atoms with Gasteiger partial charge in [0.1, 0.15) is 11.8 Å². The molecule has 1 amide bonds. The molecule has 132 valence electrons. The van der Waals surface area contributed by atoms with Gasteiger partial charge < -0.3 is 14.2 Å². The number of methoxy groups -OCH3 is 1. The van der Waals surface area contributed by atoms with Gasteiger partial charge in [0.05, 0.1) is 7.11 Å². The monoisotopic (exact) mass is 350 g/mol. The van der Waals surface area contributed by atoms with Gasteiger partial charge in [0.2, 0.25) is 11.7 Å². The fraction of sp³-hybridized carbons (Fsp3) is 0.263. The number of carbonyl (C=O) groups excluding carboxylic acids is 1. The number of ether oxygens (including phenoxy) is 1. The van der Waals surface area contributed by atoms with Gasteiger partial charge >= 0.3 is 0 Å². The number of benzene rings is 1. The quantitative estimate of drug-likeness (QED) is 0.719. The van der Waals surface area contributed by atoms with Crippen LogP contribution in [-0.2, 0) is 0 Å². The minimum atomic E-state index is -0.199. The molecular formula is C19H18N4O3. The number of hydrogen-bond acceptors (Lipinski definition) is 6. The van der Waals surface area contributed by atoms with E-state index >= 15 is 0 Å². The molecule has 26 heavy (non-hydrogen) atoms. The molecule has 0 spiro atoms. The Kier molecular flexibility index (Phi) is 4.35. The number of hydrogen-bond donors (Lipinski definition) is 0. The molecule has 2 aromatic heterocycles. The third kappa shape index (κ3) is 3.03. The van der Waals surface area contributed by atoms with E-state index in [1.165, 1.54) is 0 Å². The van der Waals surface area contributed by atoms with Gasteiger partial charge in [0.25, 0.3) is 5.91 Å². The van der Waals surface area contributed by atoms with Crippen LogP contribution in [0.3, 0.4) is 0 Å². The summed E-state index contributed by atoms with van der Waals surface area (Å²) in [6, 6.07) is 10.7. The van der Waals surface area contributed by atoms with Crippen molar-refractivity contribution in [2.75, 3.05) is 13.7 Å². The highest BCUT2D eigenvalue weighted by atomic mass is 16.5. The maximum Gasteiger partial charge on any atom is 0.254 e. The molecule has 1 aliphatic rings. The predicted octanol–water partition coefficient (Wildman–Crippen LogP) is 3.12. The Morgan fingerprint density at radius 3 is 2.69 bits per heavy atom. The minimum Gasteiger partial charge on any atom is -0.497 e. The molecule has 0 radical (unpaired) electrons. The Balaban J connectivity index is 1.57. The van der Waals surface area contributed by atoms with Crippen LogP contribution in [0.4, 0.5) is 0 Å². The highest BCUT2D eigenvalue weighted by Crippen LogP contribution is 2.33. The maximum absolute atomic E-state index is 12.8. The van der Waals surface area contributed by atoms with Gasteiger partial charge in [-0.1, -0.05) is 5.16 Å². The summed E-state index contributed by atoms with van der Waals surface area (Å²) in [5.74, 6) is 1.70. The molecule has 4 rings (SSSR count). The second kappa shape index (κ2) is 6.95. The van der Waals surface area contributed by atoms with Crippen LogP contribution < -0.4 is 4.74 Å². The normalized spacial score (nSPS) is 16.7. The summed E-state index contributed by atoms with van der Waals surface area (Å²) in [6.45, 7) is 0.673. The van der Waals surface area contributed by atoms with Crippen LogP contribution >= 0.6 is 0 Å². The van der Waals surface area contributed by atoms with Crippen molar-refractivity contribution >= 4 is 5.91 Å². The summed E-state index contributed by atoms with van der Waals surface area (Å²) in [7, 11) is 1.62. The molecule has 0 unspecified atom stereocenters. The summed E-state index contributed by atoms with van der Waals surface area (Å²) < 4.78 is 10.6. The number of aromatic nitrogens is 3. The molecule has 1 atom stereocenters. The van der Waals surface area contributed by atoms with Gasteiger partial charge in [-0.3, -0.25) is 9.78 Å². The number of amides is 1. The van der Waals surface area contributed by atoms with E-state index in [4.69, 9.17) is 9.26 Å². The molecule has 1 aromatic carbocycles. The molecule has 3 heterocycles. The highest BCUT2D eigenvalue weighted by molar-refractivity contribution is 5.94. The van der Waals surface area contributed by atoms with Crippen molar-refractivity contribution in [3.8, 4) is 17.1 Å². The zero-order valence-corrected chi connectivity index (χ0v) is 14.3. The lowest BCUT2D eigenvalue weighted by Gasteiger charge is -2.21. The molecular weight excluding hydrogens is 332 g/mol. The first-order valence-corrected chi connectivity index (χ1v) is 8.45. The average molecular weight is 350 g/mol. The van der Waals surface area contributed by atoms with Crippen LogP contribution in [0.1, 0.15) is 35.1 Å². The molecule has 1 aliphatic heterocycles. The van der Waals surface area contributed by atoms with E-state index < -0.39 is 0 Å². The fourth-order valence-corrected chi connectivity index (χ4v) is 3.15. The summed E-state index contributed by atoms with van der Waals surface area (Å²) in [4.78, 5) is 23.0. The van der Waals surface area contributed by atoms with Crippen molar-refractivity contribution in [1.82, 2.24) is 20.0 Å². The topological polar surface area (TPSA) is 81.4 Å². The third-order valence-electron chi connectivity index (χ3n) is 4.52. The van der Waals surface area contributed by atoms with Crippen molar-refractivity contribution in [1.29, 1.82) is 0 Å². The lowest BCUT2D eigenvalue weighted by molar-refractivity contribution is 0.0710. The summed E-state index contributed by atoms with van der Waals surface area (Å²) in [6.07, 6.45) is 4.95. The lowest BCUT2D eigenvalue weighted by Crippen LogP contribution is -2.30. The molecule has 7 heteroatoms. The van der Waals surface area contributed by atoms with Crippen LogP contribution in [-0.4, -0.2) is 39.6 Å². The summed E-state index contributed by atoms with van der Waals surface area (Å²) >= 11 is 0. The number of nitrogens with zero attached hydrogens (tertiary/aromatic N) is 4. The van der Waals surface area contributed by atoms with E-state index in [9.17, 15) is 4.79 Å². The standard InChI is InChI=1S/C19H18N4O3/c1-25-15-6-4-13(5-7-15)17-21-18(26-22-17)16-3-2-12-23(16)19(24)14-8-10-20-11-9-14/h4-11,16H,2-3,12H2,1H3/t16-/m0/s1. The van der Waals surface area contributed by atoms with Crippen molar-refractivity contribution in [3.05, 3.63) is 60.2 Å². The molecule has 0 bridgehead atoms. The van der Waals surface area contributed by atoms with E-state index in [0.717, 1.165) is 24.2 Å². The van der Waals surface area contributed by atoms with Crippen LogP contribution in [0.15, 0.2) is 53.3 Å². The minimum absolute atomic E-state index is 0.0425. The Bertz CT molecular complexity index is 893. The fourth-order valence-electron chi connectivity index (χ4n) is 3.15. The lowest BCUT2D eigenvalue weighted by atomic mass is 10.2.